The van der Waals surface area contributed by atoms with Crippen molar-refractivity contribution < 1.29 is 18.0 Å². The van der Waals surface area contributed by atoms with E-state index < -0.39 is 17.6 Å². The zero-order chi connectivity index (χ0) is 16.2. The minimum Gasteiger partial charge on any atom is -0.399 e. The highest BCUT2D eigenvalue weighted by molar-refractivity contribution is 6.01. The van der Waals surface area contributed by atoms with E-state index in [9.17, 15) is 18.0 Å². The third-order valence-electron chi connectivity index (χ3n) is 2.82. The number of carbonyl (C=O) groups is 1. The van der Waals surface area contributed by atoms with Crippen molar-refractivity contribution in [1.29, 1.82) is 0 Å². The number of nitrogens with two attached hydrogens (primary N) is 1. The fourth-order valence-corrected chi connectivity index (χ4v) is 1.76. The molecule has 0 bridgehead atoms. The van der Waals surface area contributed by atoms with Crippen LogP contribution >= 0.6 is 0 Å². The van der Waals surface area contributed by atoms with E-state index in [-0.39, 0.29) is 5.69 Å². The van der Waals surface area contributed by atoms with Gasteiger partial charge in [0.25, 0.3) is 0 Å². The van der Waals surface area contributed by atoms with Gasteiger partial charge in [-0.3, -0.25) is 4.79 Å². The van der Waals surface area contributed by atoms with Crippen molar-refractivity contribution in [3.8, 4) is 0 Å². The Morgan fingerprint density at radius 2 is 1.77 bits per heavy atom. The second kappa shape index (κ2) is 6.34. The molecule has 0 fully saturated rings. The molecular formula is C16H13F3N2O. The summed E-state index contributed by atoms with van der Waals surface area (Å²) < 4.78 is 37.2. The molecule has 0 unspecified atom stereocenters. The van der Waals surface area contributed by atoms with E-state index in [0.717, 1.165) is 17.7 Å². The van der Waals surface area contributed by atoms with Crippen molar-refractivity contribution in [2.75, 3.05) is 11.1 Å². The number of alkyl halides is 3. The van der Waals surface area contributed by atoms with Gasteiger partial charge in [-0.1, -0.05) is 12.1 Å². The lowest BCUT2D eigenvalue weighted by Crippen LogP contribution is -2.09. The number of halogens is 3. The first-order valence-corrected chi connectivity index (χ1v) is 6.36. The Morgan fingerprint density at radius 1 is 1.09 bits per heavy atom. The Balaban J connectivity index is 2.00. The van der Waals surface area contributed by atoms with E-state index in [1.165, 1.54) is 18.2 Å². The van der Waals surface area contributed by atoms with Crippen LogP contribution in [-0.4, -0.2) is 5.91 Å². The Labute approximate surface area is 125 Å². The van der Waals surface area contributed by atoms with Crippen molar-refractivity contribution in [3.63, 3.8) is 0 Å². The lowest BCUT2D eigenvalue weighted by Gasteiger charge is -2.07. The van der Waals surface area contributed by atoms with Gasteiger partial charge in [-0.2, -0.15) is 13.2 Å². The van der Waals surface area contributed by atoms with Gasteiger partial charge in [0.05, 0.1) is 5.56 Å². The summed E-state index contributed by atoms with van der Waals surface area (Å²) in [6.45, 7) is 0. The molecule has 2 aromatic rings. The third-order valence-corrected chi connectivity index (χ3v) is 2.82. The second-order valence-corrected chi connectivity index (χ2v) is 4.57. The van der Waals surface area contributed by atoms with Gasteiger partial charge in [0, 0.05) is 17.5 Å². The molecule has 0 aliphatic heterocycles. The molecule has 2 aromatic carbocycles. The Morgan fingerprint density at radius 3 is 2.36 bits per heavy atom. The minimum absolute atomic E-state index is 0.287. The predicted molar refractivity (Wildman–Crippen MR) is 80.0 cm³/mol. The van der Waals surface area contributed by atoms with Crippen LogP contribution < -0.4 is 11.1 Å². The predicted octanol–water partition coefficient (Wildman–Crippen LogP) is 3.94. The largest absolute Gasteiger partial charge is 0.416 e. The summed E-state index contributed by atoms with van der Waals surface area (Å²) in [5.74, 6) is -0.442. The van der Waals surface area contributed by atoms with E-state index >= 15 is 0 Å². The van der Waals surface area contributed by atoms with Gasteiger partial charge in [0.15, 0.2) is 0 Å². The number of amides is 1. The molecular weight excluding hydrogens is 293 g/mol. The molecule has 0 saturated carbocycles. The fourth-order valence-electron chi connectivity index (χ4n) is 1.76. The summed E-state index contributed by atoms with van der Waals surface area (Å²) in [5.41, 5.74) is 6.46. The van der Waals surface area contributed by atoms with Gasteiger partial charge in [-0.25, -0.2) is 0 Å². The van der Waals surface area contributed by atoms with Crippen LogP contribution in [0.5, 0.6) is 0 Å². The molecule has 0 aliphatic carbocycles. The average Bonchev–Trinajstić information content (AvgIpc) is 2.45. The lowest BCUT2D eigenvalue weighted by atomic mass is 10.2. The summed E-state index contributed by atoms with van der Waals surface area (Å²) >= 11 is 0. The third kappa shape index (κ3) is 4.37. The zero-order valence-corrected chi connectivity index (χ0v) is 11.4. The Kier molecular flexibility index (Phi) is 4.50. The number of hydrogen-bond acceptors (Lipinski definition) is 2. The quantitative estimate of drug-likeness (QED) is 0.666. The summed E-state index contributed by atoms with van der Waals surface area (Å²) in [4.78, 5) is 11.7. The molecule has 1 amide bonds. The van der Waals surface area contributed by atoms with Crippen LogP contribution in [0.1, 0.15) is 11.1 Å². The summed E-state index contributed by atoms with van der Waals surface area (Å²) in [6, 6.07) is 11.2. The lowest BCUT2D eigenvalue weighted by molar-refractivity contribution is -0.137. The molecule has 0 heterocycles. The van der Waals surface area contributed by atoms with Crippen LogP contribution in [0.15, 0.2) is 54.6 Å². The molecule has 22 heavy (non-hydrogen) atoms. The minimum atomic E-state index is -4.39. The van der Waals surface area contributed by atoms with Crippen LogP contribution in [0.3, 0.4) is 0 Å². The van der Waals surface area contributed by atoms with E-state index in [0.29, 0.717) is 5.69 Å². The Hall–Kier alpha value is -2.76. The maximum absolute atomic E-state index is 12.4. The van der Waals surface area contributed by atoms with Crippen LogP contribution in [-0.2, 0) is 11.0 Å². The highest BCUT2D eigenvalue weighted by Gasteiger charge is 2.29. The van der Waals surface area contributed by atoms with Crippen LogP contribution in [0.2, 0.25) is 0 Å². The van der Waals surface area contributed by atoms with Crippen molar-refractivity contribution >= 4 is 23.4 Å². The van der Waals surface area contributed by atoms with E-state index in [1.54, 1.807) is 30.3 Å². The van der Waals surface area contributed by atoms with Crippen LogP contribution in [0.25, 0.3) is 6.08 Å². The van der Waals surface area contributed by atoms with Gasteiger partial charge in [-0.05, 0) is 48.0 Å². The molecule has 0 aromatic heterocycles. The topological polar surface area (TPSA) is 55.1 Å². The smallest absolute Gasteiger partial charge is 0.399 e. The van der Waals surface area contributed by atoms with E-state index in [1.807, 2.05) is 0 Å². The Bertz CT molecular complexity index is 691. The summed E-state index contributed by atoms with van der Waals surface area (Å²) in [6.07, 6.45) is -1.54. The van der Waals surface area contributed by atoms with Crippen molar-refractivity contribution in [1.82, 2.24) is 0 Å². The van der Waals surface area contributed by atoms with Crippen molar-refractivity contribution in [2.24, 2.45) is 0 Å². The molecule has 0 aliphatic rings. The van der Waals surface area contributed by atoms with Gasteiger partial charge < -0.3 is 11.1 Å². The first-order chi connectivity index (χ1) is 10.3. The van der Waals surface area contributed by atoms with Gasteiger partial charge in [-0.15, -0.1) is 0 Å². The monoisotopic (exact) mass is 306 g/mol. The van der Waals surface area contributed by atoms with E-state index in [4.69, 9.17) is 5.73 Å². The highest BCUT2D eigenvalue weighted by Crippen LogP contribution is 2.29. The summed E-state index contributed by atoms with van der Waals surface area (Å²) in [5, 5.41) is 2.48. The SMILES string of the molecule is Nc1cccc(/C=C/C(=O)Nc2ccc(C(F)(F)F)cc2)c1. The molecule has 2 rings (SSSR count). The average molecular weight is 306 g/mol. The molecule has 3 nitrogen and oxygen atoms in total. The second-order valence-electron chi connectivity index (χ2n) is 4.57. The van der Waals surface area contributed by atoms with Gasteiger partial charge in [0.2, 0.25) is 5.91 Å². The first-order valence-electron chi connectivity index (χ1n) is 6.36. The molecule has 3 N–H and O–H groups in total. The normalized spacial score (nSPS) is 11.6. The number of carbonyl (C=O) groups excluding carboxylic acids is 1. The molecule has 114 valence electrons. The standard InChI is InChI=1S/C16H13F3N2O/c17-16(18,19)12-5-7-14(8-6-12)21-15(22)9-4-11-2-1-3-13(20)10-11/h1-10H,20H2,(H,21,22)/b9-4+. The maximum Gasteiger partial charge on any atom is 0.416 e. The highest BCUT2D eigenvalue weighted by atomic mass is 19.4. The molecule has 0 radical (unpaired) electrons. The van der Waals surface area contributed by atoms with Crippen molar-refractivity contribution in [3.05, 3.63) is 65.7 Å². The molecule has 0 saturated heterocycles. The van der Waals surface area contributed by atoms with Crippen LogP contribution in [0.4, 0.5) is 24.5 Å². The number of anilines is 2. The number of rotatable bonds is 3. The van der Waals surface area contributed by atoms with Crippen LogP contribution in [0, 0.1) is 0 Å². The molecule has 0 atom stereocenters. The molecule has 0 spiro atoms. The number of nitrogen functional groups attached to an aromatic ring is 1. The van der Waals surface area contributed by atoms with E-state index in [2.05, 4.69) is 5.32 Å². The van der Waals surface area contributed by atoms with Gasteiger partial charge >= 0.3 is 6.18 Å². The maximum atomic E-state index is 12.4. The first kappa shape index (κ1) is 15.6. The molecule has 6 heteroatoms. The number of hydrogen-bond donors (Lipinski definition) is 2. The van der Waals surface area contributed by atoms with Crippen molar-refractivity contribution in [2.45, 2.75) is 6.18 Å². The number of benzene rings is 2. The van der Waals surface area contributed by atoms with Gasteiger partial charge in [0.1, 0.15) is 0 Å². The zero-order valence-electron chi connectivity index (χ0n) is 11.4. The summed E-state index contributed by atoms with van der Waals surface area (Å²) in [7, 11) is 0. The fraction of sp³-hybridized carbons (Fsp3) is 0.0625. The number of nitrogens with one attached hydrogen (secondary N) is 1.